The summed E-state index contributed by atoms with van der Waals surface area (Å²) in [5.41, 5.74) is 0.106. The van der Waals surface area contributed by atoms with E-state index in [2.05, 4.69) is 13.8 Å². The van der Waals surface area contributed by atoms with Crippen molar-refractivity contribution in [2.75, 3.05) is 13.2 Å². The lowest BCUT2D eigenvalue weighted by molar-refractivity contribution is -0.136. The number of rotatable bonds is 5. The molecule has 0 aromatic carbocycles. The van der Waals surface area contributed by atoms with Gasteiger partial charge in [0.15, 0.2) is 0 Å². The van der Waals surface area contributed by atoms with Crippen LogP contribution in [0.3, 0.4) is 0 Å². The van der Waals surface area contributed by atoms with Crippen LogP contribution in [0.2, 0.25) is 0 Å². The lowest BCUT2D eigenvalue weighted by Crippen LogP contribution is -2.45. The summed E-state index contributed by atoms with van der Waals surface area (Å²) in [7, 11) is 0. The summed E-state index contributed by atoms with van der Waals surface area (Å²) in [4.78, 5) is 11.9. The highest BCUT2D eigenvalue weighted by Gasteiger charge is 2.54. The molecule has 3 heteroatoms. The molecule has 0 spiro atoms. The fourth-order valence-corrected chi connectivity index (χ4v) is 3.91. The lowest BCUT2D eigenvalue weighted by Gasteiger charge is -2.43. The molecule has 0 radical (unpaired) electrons. The van der Waals surface area contributed by atoms with E-state index in [1.54, 1.807) is 0 Å². The molecule has 104 valence electrons. The minimum Gasteiger partial charge on any atom is -0.396 e. The maximum Gasteiger partial charge on any atom is 0.138 e. The minimum atomic E-state index is -0.136. The van der Waals surface area contributed by atoms with Gasteiger partial charge in [0.1, 0.15) is 5.78 Å². The van der Waals surface area contributed by atoms with Gasteiger partial charge in [0.05, 0.1) is 12.7 Å². The second-order valence-corrected chi connectivity index (χ2v) is 6.16. The van der Waals surface area contributed by atoms with Crippen LogP contribution in [0.1, 0.15) is 52.4 Å². The average Bonchev–Trinajstić information content (AvgIpc) is 2.68. The number of Topliss-reactive ketones (excluding diaryl/α,β-unsaturated/α-hetero) is 1. The van der Waals surface area contributed by atoms with E-state index in [0.717, 1.165) is 38.7 Å². The Balaban J connectivity index is 2.04. The van der Waals surface area contributed by atoms with Crippen LogP contribution in [0.4, 0.5) is 0 Å². The number of carbonyl (C=O) groups is 1. The van der Waals surface area contributed by atoms with Gasteiger partial charge in [0, 0.05) is 18.9 Å². The van der Waals surface area contributed by atoms with Gasteiger partial charge in [0.2, 0.25) is 0 Å². The number of fused-ring (bicyclic) bond motifs is 1. The summed E-state index contributed by atoms with van der Waals surface area (Å²) in [6, 6.07) is 0. The largest absolute Gasteiger partial charge is 0.396 e. The standard InChI is InChI=1S/C15H26O3/c1-3-4-9-18-14-6-5-12-11(10-16)13(17)7-8-15(12,14)2/h11-12,14,16H,3-10H2,1-2H3/t11?,12?,14-,15-/m1/s1. The number of hydrogen-bond acceptors (Lipinski definition) is 3. The first-order valence-electron chi connectivity index (χ1n) is 7.38. The Morgan fingerprint density at radius 1 is 1.44 bits per heavy atom. The molecule has 1 N–H and O–H groups in total. The van der Waals surface area contributed by atoms with Crippen molar-refractivity contribution >= 4 is 5.78 Å². The molecule has 0 aromatic rings. The molecule has 0 aromatic heterocycles. The molecule has 4 atom stereocenters. The summed E-state index contributed by atoms with van der Waals surface area (Å²) in [5, 5.41) is 9.46. The van der Waals surface area contributed by atoms with Crippen molar-refractivity contribution in [3.05, 3.63) is 0 Å². The zero-order valence-electron chi connectivity index (χ0n) is 11.7. The molecule has 0 saturated heterocycles. The number of ketones is 1. The summed E-state index contributed by atoms with van der Waals surface area (Å²) in [5.74, 6) is 0.452. The highest BCUT2D eigenvalue weighted by atomic mass is 16.5. The van der Waals surface area contributed by atoms with E-state index >= 15 is 0 Å². The molecule has 2 aliphatic carbocycles. The van der Waals surface area contributed by atoms with Crippen LogP contribution in [0.25, 0.3) is 0 Å². The van der Waals surface area contributed by atoms with E-state index < -0.39 is 0 Å². The first-order valence-corrected chi connectivity index (χ1v) is 7.38. The maximum atomic E-state index is 11.9. The molecule has 2 aliphatic rings. The molecule has 2 fully saturated rings. The van der Waals surface area contributed by atoms with Crippen LogP contribution in [0.5, 0.6) is 0 Å². The van der Waals surface area contributed by atoms with Gasteiger partial charge in [-0.3, -0.25) is 4.79 Å². The van der Waals surface area contributed by atoms with Crippen LogP contribution in [0.15, 0.2) is 0 Å². The van der Waals surface area contributed by atoms with Crippen molar-refractivity contribution in [3.8, 4) is 0 Å². The van der Waals surface area contributed by atoms with Gasteiger partial charge in [-0.2, -0.15) is 0 Å². The van der Waals surface area contributed by atoms with Crippen LogP contribution in [0, 0.1) is 17.3 Å². The average molecular weight is 254 g/mol. The molecular weight excluding hydrogens is 228 g/mol. The smallest absolute Gasteiger partial charge is 0.138 e. The molecule has 18 heavy (non-hydrogen) atoms. The Morgan fingerprint density at radius 3 is 2.89 bits per heavy atom. The first kappa shape index (κ1) is 14.0. The van der Waals surface area contributed by atoms with E-state index in [0.29, 0.717) is 12.3 Å². The third-order valence-corrected chi connectivity index (χ3v) is 5.15. The number of aliphatic hydroxyl groups excluding tert-OH is 1. The molecule has 0 amide bonds. The predicted molar refractivity (Wildman–Crippen MR) is 70.3 cm³/mol. The Kier molecular flexibility index (Phi) is 4.44. The summed E-state index contributed by atoms with van der Waals surface area (Å²) in [6.45, 7) is 5.28. The Morgan fingerprint density at radius 2 is 2.22 bits per heavy atom. The van der Waals surface area contributed by atoms with E-state index in [4.69, 9.17) is 4.74 Å². The Hall–Kier alpha value is -0.410. The van der Waals surface area contributed by atoms with Crippen molar-refractivity contribution in [3.63, 3.8) is 0 Å². The summed E-state index contributed by atoms with van der Waals surface area (Å²) < 4.78 is 6.05. The van der Waals surface area contributed by atoms with Crippen LogP contribution in [-0.2, 0) is 9.53 Å². The van der Waals surface area contributed by atoms with Gasteiger partial charge < -0.3 is 9.84 Å². The SMILES string of the molecule is CCCCO[C@@H]1CCC2C(CO)C(=O)CC[C@]21C. The quantitative estimate of drug-likeness (QED) is 0.767. The lowest BCUT2D eigenvalue weighted by atomic mass is 9.63. The van der Waals surface area contributed by atoms with Gasteiger partial charge in [-0.15, -0.1) is 0 Å². The fraction of sp³-hybridized carbons (Fsp3) is 0.933. The van der Waals surface area contributed by atoms with E-state index in [1.807, 2.05) is 0 Å². The Labute approximate surface area is 110 Å². The van der Waals surface area contributed by atoms with Gasteiger partial charge in [-0.1, -0.05) is 20.3 Å². The summed E-state index contributed by atoms with van der Waals surface area (Å²) >= 11 is 0. The number of aliphatic hydroxyl groups is 1. The van der Waals surface area contributed by atoms with E-state index in [1.165, 1.54) is 0 Å². The van der Waals surface area contributed by atoms with Crippen LogP contribution < -0.4 is 0 Å². The topological polar surface area (TPSA) is 46.5 Å². The van der Waals surface area contributed by atoms with Crippen molar-refractivity contribution in [1.29, 1.82) is 0 Å². The van der Waals surface area contributed by atoms with Gasteiger partial charge in [-0.05, 0) is 37.0 Å². The van der Waals surface area contributed by atoms with Crippen LogP contribution in [-0.4, -0.2) is 30.2 Å². The van der Waals surface area contributed by atoms with Crippen LogP contribution >= 0.6 is 0 Å². The Bertz CT molecular complexity index is 302. The fourth-order valence-electron chi connectivity index (χ4n) is 3.91. The third kappa shape index (κ3) is 2.35. The molecule has 0 aliphatic heterocycles. The highest BCUT2D eigenvalue weighted by molar-refractivity contribution is 5.82. The normalized spacial score (nSPS) is 39.9. The molecule has 2 saturated carbocycles. The number of ether oxygens (including phenoxy) is 1. The van der Waals surface area contributed by atoms with Gasteiger partial charge in [0.25, 0.3) is 0 Å². The minimum absolute atomic E-state index is 0.0147. The molecular formula is C15H26O3. The second-order valence-electron chi connectivity index (χ2n) is 6.16. The number of hydrogen-bond donors (Lipinski definition) is 1. The predicted octanol–water partition coefficient (Wildman–Crippen LogP) is 2.56. The molecule has 2 unspecified atom stereocenters. The zero-order chi connectivity index (χ0) is 13.2. The van der Waals surface area contributed by atoms with Crippen molar-refractivity contribution in [2.24, 2.45) is 17.3 Å². The maximum absolute atomic E-state index is 11.9. The van der Waals surface area contributed by atoms with E-state index in [9.17, 15) is 9.90 Å². The molecule has 0 bridgehead atoms. The highest BCUT2D eigenvalue weighted by Crippen LogP contribution is 2.54. The third-order valence-electron chi connectivity index (χ3n) is 5.15. The number of carbonyl (C=O) groups excluding carboxylic acids is 1. The molecule has 0 heterocycles. The van der Waals surface area contributed by atoms with Crippen molar-refractivity contribution < 1.29 is 14.6 Å². The van der Waals surface area contributed by atoms with Crippen molar-refractivity contribution in [2.45, 2.75) is 58.5 Å². The van der Waals surface area contributed by atoms with Crippen molar-refractivity contribution in [1.82, 2.24) is 0 Å². The first-order chi connectivity index (χ1) is 8.63. The monoisotopic (exact) mass is 254 g/mol. The molecule has 3 nitrogen and oxygen atoms in total. The van der Waals surface area contributed by atoms with Gasteiger partial charge >= 0.3 is 0 Å². The summed E-state index contributed by atoms with van der Waals surface area (Å²) in [6.07, 6.45) is 6.19. The number of unbranched alkanes of at least 4 members (excludes halogenated alkanes) is 1. The zero-order valence-corrected chi connectivity index (χ0v) is 11.7. The van der Waals surface area contributed by atoms with E-state index in [-0.39, 0.29) is 29.8 Å². The molecule has 2 rings (SSSR count). The van der Waals surface area contributed by atoms with Gasteiger partial charge in [-0.25, -0.2) is 0 Å². The second kappa shape index (κ2) is 5.70.